The van der Waals surface area contributed by atoms with Crippen LogP contribution in [0.25, 0.3) is 0 Å². The van der Waals surface area contributed by atoms with Crippen molar-refractivity contribution in [2.75, 3.05) is 0 Å². The van der Waals surface area contributed by atoms with Gasteiger partial charge >= 0.3 is 0 Å². The molecular formula is C17H20N2O. The van der Waals surface area contributed by atoms with Gasteiger partial charge in [-0.3, -0.25) is 4.98 Å². The zero-order valence-corrected chi connectivity index (χ0v) is 11.8. The molecule has 1 aromatic heterocycles. The molecule has 0 aliphatic heterocycles. The molecule has 104 valence electrons. The lowest BCUT2D eigenvalue weighted by Gasteiger charge is -2.27. The smallest absolute Gasteiger partial charge is 0.128 e. The first-order valence-electron chi connectivity index (χ1n) is 7.18. The van der Waals surface area contributed by atoms with Crippen LogP contribution in [0.2, 0.25) is 0 Å². The fraction of sp³-hybridized carbons (Fsp3) is 0.353. The van der Waals surface area contributed by atoms with Crippen LogP contribution in [-0.2, 0) is 13.0 Å². The highest BCUT2D eigenvalue weighted by Gasteiger charge is 2.22. The molecule has 0 saturated carbocycles. The molecule has 20 heavy (non-hydrogen) atoms. The summed E-state index contributed by atoms with van der Waals surface area (Å²) in [6.07, 6.45) is 5.33. The average molecular weight is 268 g/mol. The summed E-state index contributed by atoms with van der Waals surface area (Å²) in [5.74, 6) is 0.877. The van der Waals surface area contributed by atoms with Gasteiger partial charge in [0.1, 0.15) is 11.9 Å². The Labute approximate surface area is 119 Å². The van der Waals surface area contributed by atoms with Crippen LogP contribution < -0.4 is 10.5 Å². The number of fused-ring (bicyclic) bond motifs is 1. The standard InChI is InChI=1S/C17H20N2O/c1-12-9-17(14(10-18)11-19-12)20-16-8-4-6-13-5-2-3-7-15(13)16/h2-3,5,7,9,11,16H,4,6,8,10,18H2,1H3. The van der Waals surface area contributed by atoms with Gasteiger partial charge in [0.25, 0.3) is 0 Å². The Morgan fingerprint density at radius 3 is 3.05 bits per heavy atom. The second-order valence-electron chi connectivity index (χ2n) is 5.34. The van der Waals surface area contributed by atoms with Crippen LogP contribution in [0.1, 0.15) is 41.3 Å². The number of pyridine rings is 1. The molecule has 1 aliphatic carbocycles. The molecule has 1 heterocycles. The van der Waals surface area contributed by atoms with Crippen LogP contribution >= 0.6 is 0 Å². The summed E-state index contributed by atoms with van der Waals surface area (Å²) in [6, 6.07) is 10.5. The average Bonchev–Trinajstić information content (AvgIpc) is 2.48. The third kappa shape index (κ3) is 2.54. The molecule has 3 heteroatoms. The zero-order chi connectivity index (χ0) is 13.9. The van der Waals surface area contributed by atoms with Crippen LogP contribution in [-0.4, -0.2) is 4.98 Å². The number of benzene rings is 1. The van der Waals surface area contributed by atoms with E-state index < -0.39 is 0 Å². The molecule has 1 unspecified atom stereocenters. The number of hydrogen-bond donors (Lipinski definition) is 1. The number of aromatic nitrogens is 1. The Kier molecular flexibility index (Phi) is 3.70. The highest BCUT2D eigenvalue weighted by Crippen LogP contribution is 2.34. The van der Waals surface area contributed by atoms with E-state index in [4.69, 9.17) is 10.5 Å². The van der Waals surface area contributed by atoms with Crippen molar-refractivity contribution in [3.8, 4) is 5.75 Å². The van der Waals surface area contributed by atoms with E-state index >= 15 is 0 Å². The molecule has 0 radical (unpaired) electrons. The fourth-order valence-electron chi connectivity index (χ4n) is 2.81. The van der Waals surface area contributed by atoms with Gasteiger partial charge in [0, 0.05) is 30.1 Å². The molecule has 1 atom stereocenters. The number of aryl methyl sites for hydroxylation is 2. The lowest BCUT2D eigenvalue weighted by Crippen LogP contribution is -2.16. The minimum atomic E-state index is 0.132. The van der Waals surface area contributed by atoms with Gasteiger partial charge in [-0.2, -0.15) is 0 Å². The zero-order valence-electron chi connectivity index (χ0n) is 11.8. The monoisotopic (exact) mass is 268 g/mol. The molecule has 0 bridgehead atoms. The minimum absolute atomic E-state index is 0.132. The third-order valence-electron chi connectivity index (χ3n) is 3.88. The van der Waals surface area contributed by atoms with Gasteiger partial charge in [0.05, 0.1) is 0 Å². The number of nitrogens with two attached hydrogens (primary N) is 1. The van der Waals surface area contributed by atoms with E-state index in [1.54, 1.807) is 0 Å². The van der Waals surface area contributed by atoms with Gasteiger partial charge in [-0.1, -0.05) is 24.3 Å². The third-order valence-corrected chi connectivity index (χ3v) is 3.88. The van der Waals surface area contributed by atoms with Crippen LogP contribution in [0, 0.1) is 6.92 Å². The van der Waals surface area contributed by atoms with Crippen molar-refractivity contribution in [3.05, 3.63) is 58.9 Å². The maximum atomic E-state index is 6.26. The summed E-state index contributed by atoms with van der Waals surface area (Å²) < 4.78 is 6.26. The molecule has 3 nitrogen and oxygen atoms in total. The van der Waals surface area contributed by atoms with Crippen LogP contribution in [0.5, 0.6) is 5.75 Å². The first-order chi connectivity index (χ1) is 9.78. The van der Waals surface area contributed by atoms with E-state index in [9.17, 15) is 0 Å². The van der Waals surface area contributed by atoms with Gasteiger partial charge in [-0.05, 0) is 37.3 Å². The summed E-state index contributed by atoms with van der Waals surface area (Å²) in [5.41, 5.74) is 10.4. The Balaban J connectivity index is 1.91. The lowest BCUT2D eigenvalue weighted by atomic mass is 9.89. The Morgan fingerprint density at radius 1 is 1.35 bits per heavy atom. The van der Waals surface area contributed by atoms with E-state index in [0.29, 0.717) is 6.54 Å². The molecule has 3 rings (SSSR count). The molecule has 0 spiro atoms. The summed E-state index contributed by atoms with van der Waals surface area (Å²) >= 11 is 0. The van der Waals surface area contributed by atoms with Crippen molar-refractivity contribution in [1.29, 1.82) is 0 Å². The molecule has 1 aromatic carbocycles. The summed E-state index contributed by atoms with van der Waals surface area (Å²) in [6.45, 7) is 2.43. The van der Waals surface area contributed by atoms with Crippen molar-refractivity contribution in [2.24, 2.45) is 5.73 Å². The molecule has 2 aromatic rings. The molecular weight excluding hydrogens is 248 g/mol. The maximum Gasteiger partial charge on any atom is 0.128 e. The summed E-state index contributed by atoms with van der Waals surface area (Å²) in [5, 5.41) is 0. The van der Waals surface area contributed by atoms with Crippen molar-refractivity contribution in [1.82, 2.24) is 4.98 Å². The van der Waals surface area contributed by atoms with Crippen molar-refractivity contribution < 1.29 is 4.74 Å². The number of hydrogen-bond acceptors (Lipinski definition) is 3. The van der Waals surface area contributed by atoms with E-state index in [1.807, 2.05) is 19.2 Å². The highest BCUT2D eigenvalue weighted by atomic mass is 16.5. The van der Waals surface area contributed by atoms with Crippen LogP contribution in [0.15, 0.2) is 36.5 Å². The second kappa shape index (κ2) is 5.63. The van der Waals surface area contributed by atoms with Crippen LogP contribution in [0.3, 0.4) is 0 Å². The molecule has 0 saturated heterocycles. The quantitative estimate of drug-likeness (QED) is 0.929. The number of rotatable bonds is 3. The first-order valence-corrected chi connectivity index (χ1v) is 7.18. The van der Waals surface area contributed by atoms with Gasteiger partial charge in [0.15, 0.2) is 0 Å². The first kappa shape index (κ1) is 13.1. The Bertz CT molecular complexity index is 610. The predicted molar refractivity (Wildman–Crippen MR) is 79.6 cm³/mol. The van der Waals surface area contributed by atoms with Crippen LogP contribution in [0.4, 0.5) is 0 Å². The second-order valence-corrected chi connectivity index (χ2v) is 5.34. The summed E-state index contributed by atoms with van der Waals surface area (Å²) in [7, 11) is 0. The number of ether oxygens (including phenoxy) is 1. The van der Waals surface area contributed by atoms with Gasteiger partial charge < -0.3 is 10.5 Å². The van der Waals surface area contributed by atoms with E-state index in [-0.39, 0.29) is 6.10 Å². The summed E-state index contributed by atoms with van der Waals surface area (Å²) in [4.78, 5) is 4.29. The largest absolute Gasteiger partial charge is 0.485 e. The number of nitrogens with zero attached hydrogens (tertiary/aromatic N) is 1. The maximum absolute atomic E-state index is 6.26. The SMILES string of the molecule is Cc1cc(OC2CCCc3ccccc32)c(CN)cn1. The van der Waals surface area contributed by atoms with Crippen molar-refractivity contribution in [2.45, 2.75) is 38.8 Å². The molecule has 2 N–H and O–H groups in total. The van der Waals surface area contributed by atoms with Gasteiger partial charge in [0.2, 0.25) is 0 Å². The van der Waals surface area contributed by atoms with Gasteiger partial charge in [-0.15, -0.1) is 0 Å². The lowest BCUT2D eigenvalue weighted by molar-refractivity contribution is 0.181. The normalized spacial score (nSPS) is 17.6. The van der Waals surface area contributed by atoms with Gasteiger partial charge in [-0.25, -0.2) is 0 Å². The topological polar surface area (TPSA) is 48.1 Å². The Hall–Kier alpha value is -1.87. The highest BCUT2D eigenvalue weighted by molar-refractivity contribution is 5.36. The fourth-order valence-corrected chi connectivity index (χ4v) is 2.81. The van der Waals surface area contributed by atoms with Crippen molar-refractivity contribution >= 4 is 0 Å². The van der Waals surface area contributed by atoms with E-state index in [1.165, 1.54) is 17.5 Å². The Morgan fingerprint density at radius 2 is 2.20 bits per heavy atom. The van der Waals surface area contributed by atoms with E-state index in [0.717, 1.165) is 29.8 Å². The van der Waals surface area contributed by atoms with Crippen molar-refractivity contribution in [3.63, 3.8) is 0 Å². The predicted octanol–water partition coefficient (Wildman–Crippen LogP) is 3.31. The molecule has 0 amide bonds. The molecule has 0 fully saturated rings. The molecule has 1 aliphatic rings. The minimum Gasteiger partial charge on any atom is -0.485 e. The van der Waals surface area contributed by atoms with E-state index in [2.05, 4.69) is 29.2 Å².